The first-order valence-electron chi connectivity index (χ1n) is 10.7. The molecule has 29 heavy (non-hydrogen) atoms. The average Bonchev–Trinajstić information content (AvgIpc) is 3.36. The van der Waals surface area contributed by atoms with E-state index < -0.39 is 0 Å². The number of benzene rings is 3. The molecule has 4 aliphatic rings. The van der Waals surface area contributed by atoms with Gasteiger partial charge in [-0.15, -0.1) is 0 Å². The van der Waals surface area contributed by atoms with Gasteiger partial charge in [0.2, 0.25) is 0 Å². The van der Waals surface area contributed by atoms with Crippen molar-refractivity contribution in [3.8, 4) is 0 Å². The molecular formula is C26H24N2O. The van der Waals surface area contributed by atoms with Gasteiger partial charge in [0.05, 0.1) is 17.7 Å². The summed E-state index contributed by atoms with van der Waals surface area (Å²) in [5, 5.41) is 2.13. The van der Waals surface area contributed by atoms with E-state index in [1.165, 1.54) is 27.8 Å². The molecule has 3 nitrogen and oxygen atoms in total. The van der Waals surface area contributed by atoms with Gasteiger partial charge in [-0.3, -0.25) is 9.74 Å². The summed E-state index contributed by atoms with van der Waals surface area (Å²) in [4.78, 5) is 8.82. The zero-order chi connectivity index (χ0) is 19.2. The van der Waals surface area contributed by atoms with E-state index in [0.29, 0.717) is 12.0 Å². The second-order valence-corrected chi connectivity index (χ2v) is 9.01. The van der Waals surface area contributed by atoms with E-state index in [0.717, 1.165) is 19.6 Å². The number of hydroxylamine groups is 2. The zero-order valence-corrected chi connectivity index (χ0v) is 16.6. The molecule has 0 amide bonds. The Bertz CT molecular complexity index is 1080. The molecule has 2 saturated heterocycles. The van der Waals surface area contributed by atoms with Gasteiger partial charge >= 0.3 is 0 Å². The average molecular weight is 380 g/mol. The Morgan fingerprint density at radius 2 is 1.38 bits per heavy atom. The summed E-state index contributed by atoms with van der Waals surface area (Å²) in [6.45, 7) is 1.87. The third kappa shape index (κ3) is 1.69. The van der Waals surface area contributed by atoms with Gasteiger partial charge < -0.3 is 0 Å². The highest BCUT2D eigenvalue weighted by Crippen LogP contribution is 2.68. The Morgan fingerprint density at radius 1 is 0.793 bits per heavy atom. The Kier molecular flexibility index (Phi) is 3.02. The molecule has 2 fully saturated rings. The predicted octanol–water partition coefficient (Wildman–Crippen LogP) is 4.12. The van der Waals surface area contributed by atoms with Crippen molar-refractivity contribution in [3.63, 3.8) is 0 Å². The molecule has 7 rings (SSSR count). The van der Waals surface area contributed by atoms with Crippen molar-refractivity contribution in [2.24, 2.45) is 5.92 Å². The molecule has 2 bridgehead atoms. The van der Waals surface area contributed by atoms with Crippen molar-refractivity contribution in [2.45, 2.75) is 23.5 Å². The zero-order valence-electron chi connectivity index (χ0n) is 16.6. The lowest BCUT2D eigenvalue weighted by Crippen LogP contribution is -2.57. The van der Waals surface area contributed by atoms with E-state index >= 15 is 0 Å². The smallest absolute Gasteiger partial charge is 0.0989 e. The number of fused-ring (bicyclic) bond motifs is 5. The van der Waals surface area contributed by atoms with Crippen LogP contribution in [0.5, 0.6) is 0 Å². The van der Waals surface area contributed by atoms with Gasteiger partial charge in [0, 0.05) is 25.6 Å². The van der Waals surface area contributed by atoms with E-state index in [9.17, 15) is 0 Å². The first kappa shape index (κ1) is 16.3. The molecule has 0 radical (unpaired) electrons. The third-order valence-corrected chi connectivity index (χ3v) is 8.01. The van der Waals surface area contributed by atoms with Crippen LogP contribution >= 0.6 is 0 Å². The molecule has 0 aliphatic carbocycles. The molecule has 0 saturated carbocycles. The number of rotatable bonds is 1. The van der Waals surface area contributed by atoms with Crippen LogP contribution in [0, 0.1) is 5.92 Å². The van der Waals surface area contributed by atoms with Crippen LogP contribution in [0.2, 0.25) is 0 Å². The van der Waals surface area contributed by atoms with Gasteiger partial charge in [-0.05, 0) is 34.2 Å². The van der Waals surface area contributed by atoms with Crippen molar-refractivity contribution in [3.05, 3.63) is 107 Å². The summed E-state index contributed by atoms with van der Waals surface area (Å²) in [5.41, 5.74) is 7.00. The second kappa shape index (κ2) is 5.37. The van der Waals surface area contributed by atoms with Gasteiger partial charge in [-0.2, -0.15) is 5.06 Å². The van der Waals surface area contributed by atoms with Gasteiger partial charge in [-0.1, -0.05) is 78.9 Å². The van der Waals surface area contributed by atoms with E-state index in [1.807, 2.05) is 0 Å². The minimum absolute atomic E-state index is 0.0772. The van der Waals surface area contributed by atoms with Crippen LogP contribution in [0.1, 0.15) is 34.2 Å². The molecule has 2 atom stereocenters. The topological polar surface area (TPSA) is 15.7 Å². The molecule has 4 aliphatic heterocycles. The van der Waals surface area contributed by atoms with Gasteiger partial charge in [0.15, 0.2) is 0 Å². The van der Waals surface area contributed by atoms with Gasteiger partial charge in [0.25, 0.3) is 0 Å². The van der Waals surface area contributed by atoms with Crippen molar-refractivity contribution >= 4 is 0 Å². The Labute approximate surface area is 171 Å². The van der Waals surface area contributed by atoms with Crippen molar-refractivity contribution in [2.75, 3.05) is 20.2 Å². The first-order chi connectivity index (χ1) is 14.3. The molecule has 0 spiro atoms. The summed E-state index contributed by atoms with van der Waals surface area (Å²) in [6.07, 6.45) is 1.08. The largest absolute Gasteiger partial charge is 0.299 e. The maximum absolute atomic E-state index is 5.99. The van der Waals surface area contributed by atoms with E-state index in [4.69, 9.17) is 4.84 Å². The van der Waals surface area contributed by atoms with Crippen LogP contribution in [-0.4, -0.2) is 36.2 Å². The highest BCUT2D eigenvalue weighted by atomic mass is 16.7. The van der Waals surface area contributed by atoms with Crippen LogP contribution in [0.3, 0.4) is 0 Å². The van der Waals surface area contributed by atoms with E-state index in [1.54, 1.807) is 0 Å². The fourth-order valence-corrected chi connectivity index (χ4v) is 6.97. The van der Waals surface area contributed by atoms with Crippen LogP contribution in [0.15, 0.2) is 78.9 Å². The Balaban J connectivity index is 1.60. The molecule has 3 aromatic rings. The van der Waals surface area contributed by atoms with Crippen molar-refractivity contribution in [1.29, 1.82) is 0 Å². The highest BCUT2D eigenvalue weighted by Gasteiger charge is 2.70. The molecule has 4 heterocycles. The summed E-state index contributed by atoms with van der Waals surface area (Å²) in [5.74, 6) is 0.542. The number of hydrogen-bond donors (Lipinski definition) is 0. The molecule has 0 aromatic heterocycles. The number of hydrogen-bond acceptors (Lipinski definition) is 3. The van der Waals surface area contributed by atoms with Crippen LogP contribution in [-0.2, 0) is 15.9 Å². The van der Waals surface area contributed by atoms with Crippen LogP contribution in [0.4, 0.5) is 0 Å². The Hall–Kier alpha value is -2.46. The SMILES string of the molecule is CN1OC[C@@H]2CN3C4(C[C@@H]21)c1ccccc1C3(c1ccccc1)c1ccccc14. The lowest BCUT2D eigenvalue weighted by molar-refractivity contribution is -0.118. The number of nitrogens with zero attached hydrogens (tertiary/aromatic N) is 2. The monoisotopic (exact) mass is 380 g/mol. The lowest BCUT2D eigenvalue weighted by Gasteiger charge is -2.48. The molecule has 3 heteroatoms. The van der Waals surface area contributed by atoms with E-state index in [-0.39, 0.29) is 11.1 Å². The Morgan fingerprint density at radius 3 is 2.03 bits per heavy atom. The van der Waals surface area contributed by atoms with E-state index in [2.05, 4.69) is 95.9 Å². The second-order valence-electron chi connectivity index (χ2n) is 9.01. The molecular weight excluding hydrogens is 356 g/mol. The summed E-state index contributed by atoms with van der Waals surface area (Å²) in [6, 6.07) is 29.9. The molecule has 144 valence electrons. The first-order valence-corrected chi connectivity index (χ1v) is 10.7. The minimum Gasteiger partial charge on any atom is -0.299 e. The third-order valence-electron chi connectivity index (χ3n) is 8.01. The maximum Gasteiger partial charge on any atom is 0.0989 e. The summed E-state index contributed by atoms with van der Waals surface area (Å²) < 4.78 is 0. The van der Waals surface area contributed by atoms with Crippen molar-refractivity contribution in [1.82, 2.24) is 9.96 Å². The predicted molar refractivity (Wildman–Crippen MR) is 112 cm³/mol. The fourth-order valence-electron chi connectivity index (χ4n) is 6.97. The summed E-state index contributed by atoms with van der Waals surface area (Å²) in [7, 11) is 2.11. The quantitative estimate of drug-likeness (QED) is 0.632. The van der Waals surface area contributed by atoms with Gasteiger partial charge in [-0.25, -0.2) is 0 Å². The number of piperidine rings is 1. The fraction of sp³-hybridized carbons (Fsp3) is 0.308. The minimum atomic E-state index is -0.208. The van der Waals surface area contributed by atoms with Gasteiger partial charge in [0.1, 0.15) is 0 Å². The highest BCUT2D eigenvalue weighted by molar-refractivity contribution is 5.70. The lowest BCUT2D eigenvalue weighted by atomic mass is 9.68. The molecule has 0 N–H and O–H groups in total. The van der Waals surface area contributed by atoms with Crippen LogP contribution < -0.4 is 0 Å². The maximum atomic E-state index is 5.99. The molecule has 3 aromatic carbocycles. The summed E-state index contributed by atoms with van der Waals surface area (Å²) >= 11 is 0. The standard InChI is InChI=1S/C26H24N2O/c1-27-24-15-25-20-11-5-7-13-22(20)26(19-9-3-2-4-10-19,23-14-8-6-12-21(23)25)28(25)16-18(24)17-29-27/h2-14,18,24H,15-17H2,1H3/t18-,24-,25?,26?/m0/s1. The normalized spacial score (nSPS) is 34.5. The van der Waals surface area contributed by atoms with Crippen LogP contribution in [0.25, 0.3) is 0 Å². The molecule has 0 unspecified atom stereocenters. The van der Waals surface area contributed by atoms with Crippen molar-refractivity contribution < 1.29 is 4.84 Å².